The van der Waals surface area contributed by atoms with Gasteiger partial charge in [0.1, 0.15) is 5.82 Å². The van der Waals surface area contributed by atoms with Gasteiger partial charge >= 0.3 is 0 Å². The van der Waals surface area contributed by atoms with Crippen LogP contribution < -0.4 is 10.6 Å². The van der Waals surface area contributed by atoms with Crippen LogP contribution in [-0.4, -0.2) is 27.2 Å². The summed E-state index contributed by atoms with van der Waals surface area (Å²) in [6.45, 7) is 0. The number of aromatic nitrogens is 2. The molecule has 2 aromatic heterocycles. The zero-order chi connectivity index (χ0) is 14.8. The van der Waals surface area contributed by atoms with Crippen molar-refractivity contribution in [1.82, 2.24) is 9.97 Å². The number of rotatable bonds is 4. The Kier molecular flexibility index (Phi) is 3.67. The Morgan fingerprint density at radius 1 is 1.24 bits per heavy atom. The summed E-state index contributed by atoms with van der Waals surface area (Å²) in [6.07, 6.45) is 5.22. The summed E-state index contributed by atoms with van der Waals surface area (Å²) in [7, 11) is 3.43. The highest BCUT2D eigenvalue weighted by molar-refractivity contribution is 7.27. The second kappa shape index (κ2) is 5.62. The van der Waals surface area contributed by atoms with Gasteiger partial charge in [0.2, 0.25) is 0 Å². The summed E-state index contributed by atoms with van der Waals surface area (Å²) < 4.78 is 0. The molecule has 5 nitrogen and oxygen atoms in total. The van der Waals surface area contributed by atoms with Crippen LogP contribution in [-0.2, 0) is 4.79 Å². The molecule has 3 rings (SSSR count). The average molecular weight is 298 g/mol. The molecule has 0 radical (unpaired) electrons. The van der Waals surface area contributed by atoms with Gasteiger partial charge in [-0.3, -0.25) is 14.7 Å². The SMILES string of the molecule is Nc1ccnc(N(C(=O)C(=P)c2ccccn2)C2CC2)c1. The van der Waals surface area contributed by atoms with Crippen LogP contribution in [0.2, 0.25) is 0 Å². The first kappa shape index (κ1) is 13.7. The number of nitrogen functional groups attached to an aromatic ring is 1. The van der Waals surface area contributed by atoms with E-state index in [-0.39, 0.29) is 11.9 Å². The van der Waals surface area contributed by atoms with Crippen molar-refractivity contribution >= 4 is 31.6 Å². The van der Waals surface area contributed by atoms with E-state index in [0.29, 0.717) is 22.5 Å². The molecule has 2 aromatic rings. The number of pyridine rings is 2. The van der Waals surface area contributed by atoms with E-state index in [9.17, 15) is 4.79 Å². The highest BCUT2D eigenvalue weighted by Crippen LogP contribution is 2.32. The summed E-state index contributed by atoms with van der Waals surface area (Å²) >= 11 is 0. The molecule has 1 fully saturated rings. The fourth-order valence-corrected chi connectivity index (χ4v) is 2.36. The van der Waals surface area contributed by atoms with Gasteiger partial charge in [0.25, 0.3) is 5.91 Å². The summed E-state index contributed by atoms with van der Waals surface area (Å²) in [5.41, 5.74) is 6.99. The predicted octanol–water partition coefficient (Wildman–Crippen LogP) is 1.92. The van der Waals surface area contributed by atoms with Gasteiger partial charge in [0.15, 0.2) is 0 Å². The number of nitrogens with zero attached hydrogens (tertiary/aromatic N) is 3. The molecular formula is C15H15N4OP. The molecule has 0 aliphatic heterocycles. The Morgan fingerprint density at radius 3 is 2.67 bits per heavy atom. The number of carbonyl (C=O) groups is 1. The number of hydrogen-bond acceptors (Lipinski definition) is 4. The van der Waals surface area contributed by atoms with Gasteiger partial charge in [-0.2, -0.15) is 0 Å². The van der Waals surface area contributed by atoms with Crippen LogP contribution in [0.5, 0.6) is 0 Å². The van der Waals surface area contributed by atoms with Crippen molar-refractivity contribution in [2.75, 3.05) is 10.6 Å². The smallest absolute Gasteiger partial charge is 0.265 e. The molecule has 0 unspecified atom stereocenters. The molecule has 1 aliphatic carbocycles. The van der Waals surface area contributed by atoms with Crippen LogP contribution in [0, 0.1) is 0 Å². The molecule has 0 bridgehead atoms. The molecule has 2 N–H and O–H groups in total. The minimum absolute atomic E-state index is 0.147. The summed E-state index contributed by atoms with van der Waals surface area (Å²) in [5.74, 6) is 0.431. The zero-order valence-electron chi connectivity index (χ0n) is 11.4. The molecule has 2 heterocycles. The van der Waals surface area contributed by atoms with Crippen molar-refractivity contribution in [3.8, 4) is 0 Å². The van der Waals surface area contributed by atoms with E-state index in [1.807, 2.05) is 12.1 Å². The van der Waals surface area contributed by atoms with E-state index in [2.05, 4.69) is 18.8 Å². The average Bonchev–Trinajstić information content (AvgIpc) is 3.32. The lowest BCUT2D eigenvalue weighted by atomic mass is 10.2. The van der Waals surface area contributed by atoms with Crippen molar-refractivity contribution in [2.24, 2.45) is 0 Å². The lowest BCUT2D eigenvalue weighted by Crippen LogP contribution is -2.38. The maximum atomic E-state index is 12.8. The molecule has 6 heteroatoms. The van der Waals surface area contributed by atoms with Crippen molar-refractivity contribution in [3.05, 3.63) is 48.4 Å². The zero-order valence-corrected chi connectivity index (χ0v) is 12.4. The van der Waals surface area contributed by atoms with Gasteiger partial charge in [-0.05, 0) is 31.0 Å². The molecule has 1 aliphatic rings. The van der Waals surface area contributed by atoms with E-state index in [1.54, 1.807) is 35.5 Å². The maximum Gasteiger partial charge on any atom is 0.265 e. The van der Waals surface area contributed by atoms with Crippen LogP contribution in [0.15, 0.2) is 42.7 Å². The Morgan fingerprint density at radius 2 is 2.05 bits per heavy atom. The monoisotopic (exact) mass is 298 g/mol. The Balaban J connectivity index is 1.91. The number of hydrogen-bond donors (Lipinski definition) is 1. The third kappa shape index (κ3) is 2.93. The first-order valence-corrected chi connectivity index (χ1v) is 7.22. The number of amides is 1. The Labute approximate surface area is 125 Å². The summed E-state index contributed by atoms with van der Waals surface area (Å²) in [4.78, 5) is 22.9. The third-order valence-corrected chi connectivity index (χ3v) is 3.75. The summed E-state index contributed by atoms with van der Waals surface area (Å²) in [6, 6.07) is 9.05. The first-order chi connectivity index (χ1) is 10.2. The number of nitrogens with two attached hydrogens (primary N) is 1. The van der Waals surface area contributed by atoms with E-state index in [4.69, 9.17) is 5.73 Å². The standard InChI is InChI=1S/C15H15N4OP/c16-10-6-8-18-13(9-10)19(11-4-5-11)15(20)14(21)12-3-1-2-7-17-12/h1-3,6-9,11,21H,4-5H2,(H2,16,18). The fourth-order valence-electron chi connectivity index (χ4n) is 2.10. The lowest BCUT2D eigenvalue weighted by molar-refractivity contribution is -0.112. The minimum Gasteiger partial charge on any atom is -0.399 e. The van der Waals surface area contributed by atoms with Crippen LogP contribution in [0.1, 0.15) is 18.5 Å². The van der Waals surface area contributed by atoms with Crippen molar-refractivity contribution < 1.29 is 4.79 Å². The highest BCUT2D eigenvalue weighted by atomic mass is 31.0. The molecule has 0 saturated heterocycles. The second-order valence-corrected chi connectivity index (χ2v) is 5.44. The van der Waals surface area contributed by atoms with E-state index < -0.39 is 0 Å². The fraction of sp³-hybridized carbons (Fsp3) is 0.200. The van der Waals surface area contributed by atoms with E-state index in [0.717, 1.165) is 12.8 Å². The summed E-state index contributed by atoms with van der Waals surface area (Å²) in [5, 5.41) is 0.423. The van der Waals surface area contributed by atoms with Crippen LogP contribution in [0.3, 0.4) is 0 Å². The van der Waals surface area contributed by atoms with Gasteiger partial charge in [-0.15, -0.1) is 8.86 Å². The van der Waals surface area contributed by atoms with Gasteiger partial charge in [-0.1, -0.05) is 6.07 Å². The first-order valence-electron chi connectivity index (χ1n) is 6.72. The molecule has 1 saturated carbocycles. The topological polar surface area (TPSA) is 72.1 Å². The molecule has 106 valence electrons. The largest absolute Gasteiger partial charge is 0.399 e. The minimum atomic E-state index is -0.147. The van der Waals surface area contributed by atoms with Crippen LogP contribution >= 0.6 is 8.86 Å². The third-order valence-electron chi connectivity index (χ3n) is 3.28. The predicted molar refractivity (Wildman–Crippen MR) is 85.8 cm³/mol. The Bertz CT molecular complexity index is 685. The quantitative estimate of drug-likeness (QED) is 0.875. The van der Waals surface area contributed by atoms with E-state index >= 15 is 0 Å². The van der Waals surface area contributed by atoms with Gasteiger partial charge in [0, 0.05) is 30.2 Å². The Hall–Kier alpha value is -2.26. The molecule has 0 aromatic carbocycles. The van der Waals surface area contributed by atoms with Gasteiger partial charge in [-0.25, -0.2) is 4.98 Å². The molecule has 0 atom stereocenters. The van der Waals surface area contributed by atoms with Crippen molar-refractivity contribution in [1.29, 1.82) is 0 Å². The molecule has 21 heavy (non-hydrogen) atoms. The van der Waals surface area contributed by atoms with Crippen molar-refractivity contribution in [2.45, 2.75) is 18.9 Å². The van der Waals surface area contributed by atoms with Crippen LogP contribution in [0.4, 0.5) is 11.5 Å². The number of anilines is 2. The number of carbonyl (C=O) groups excluding carboxylic acids is 1. The van der Waals surface area contributed by atoms with Gasteiger partial charge < -0.3 is 5.73 Å². The van der Waals surface area contributed by atoms with Crippen LogP contribution in [0.25, 0.3) is 0 Å². The maximum absolute atomic E-state index is 12.8. The van der Waals surface area contributed by atoms with Gasteiger partial charge in [0.05, 0.1) is 11.0 Å². The second-order valence-electron chi connectivity index (χ2n) is 4.94. The highest BCUT2D eigenvalue weighted by Gasteiger charge is 2.36. The van der Waals surface area contributed by atoms with Crippen molar-refractivity contribution in [3.63, 3.8) is 0 Å². The molecule has 1 amide bonds. The molecule has 0 spiro atoms. The normalized spacial score (nSPS) is 13.7. The lowest BCUT2D eigenvalue weighted by Gasteiger charge is -2.22. The molecular weight excluding hydrogens is 283 g/mol. The van der Waals surface area contributed by atoms with E-state index in [1.165, 1.54) is 0 Å².